The molecule has 0 radical (unpaired) electrons. The first-order valence-electron chi connectivity index (χ1n) is 6.76. The Hall–Kier alpha value is -2.38. The minimum Gasteiger partial charge on any atom is -0.394 e. The molecular formula is C12H15N3O9. The van der Waals surface area contributed by atoms with Crippen molar-refractivity contribution in [2.24, 2.45) is 0 Å². The molecule has 0 unspecified atom stereocenters. The molecule has 1 saturated heterocycles. The molecule has 0 saturated carbocycles. The number of anilines is 1. The predicted octanol–water partition coefficient (Wildman–Crippen LogP) is -1.29. The Morgan fingerprint density at radius 1 is 1.12 bits per heavy atom. The molecule has 0 amide bonds. The lowest BCUT2D eigenvalue weighted by Crippen LogP contribution is -2.61. The SMILES string of the molecule is O=[N+]([O-])c1ccc(N[C@H]2[C@H](O)[C@H](O)[C@H](CO)O[C@@H]2O)c([N+](=O)[O-])c1. The highest BCUT2D eigenvalue weighted by Crippen LogP contribution is 2.31. The van der Waals surface area contributed by atoms with Crippen molar-refractivity contribution >= 4 is 17.1 Å². The molecule has 12 nitrogen and oxygen atoms in total. The summed E-state index contributed by atoms with van der Waals surface area (Å²) >= 11 is 0. The molecule has 132 valence electrons. The number of ether oxygens (including phenoxy) is 1. The van der Waals surface area contributed by atoms with Crippen LogP contribution in [0.3, 0.4) is 0 Å². The van der Waals surface area contributed by atoms with Crippen molar-refractivity contribution in [1.29, 1.82) is 0 Å². The summed E-state index contributed by atoms with van der Waals surface area (Å²) in [5, 5.41) is 62.8. The fraction of sp³-hybridized carbons (Fsp3) is 0.500. The molecular weight excluding hydrogens is 330 g/mol. The lowest BCUT2D eigenvalue weighted by atomic mass is 9.96. The number of nitro groups is 2. The number of hydrogen-bond donors (Lipinski definition) is 5. The number of aliphatic hydroxyl groups excluding tert-OH is 4. The maximum absolute atomic E-state index is 11.1. The molecule has 0 bridgehead atoms. The van der Waals surface area contributed by atoms with E-state index in [2.05, 4.69) is 5.32 Å². The number of nitrogens with zero attached hydrogens (tertiary/aromatic N) is 2. The predicted molar refractivity (Wildman–Crippen MR) is 77.1 cm³/mol. The fourth-order valence-corrected chi connectivity index (χ4v) is 2.34. The van der Waals surface area contributed by atoms with E-state index in [0.29, 0.717) is 0 Å². The minimum absolute atomic E-state index is 0.216. The Labute approximate surface area is 134 Å². The van der Waals surface area contributed by atoms with Gasteiger partial charge in [0.15, 0.2) is 6.29 Å². The first-order chi connectivity index (χ1) is 11.3. The van der Waals surface area contributed by atoms with Crippen LogP contribution in [-0.2, 0) is 4.74 Å². The summed E-state index contributed by atoms with van der Waals surface area (Å²) in [7, 11) is 0. The molecule has 1 aliphatic heterocycles. The van der Waals surface area contributed by atoms with Crippen molar-refractivity contribution in [3.05, 3.63) is 38.4 Å². The van der Waals surface area contributed by atoms with Crippen molar-refractivity contribution in [2.45, 2.75) is 30.6 Å². The number of rotatable bonds is 5. The maximum Gasteiger partial charge on any atom is 0.299 e. The molecule has 1 heterocycles. The lowest BCUT2D eigenvalue weighted by Gasteiger charge is -2.40. The second kappa shape index (κ2) is 7.02. The molecule has 12 heteroatoms. The third-order valence-electron chi connectivity index (χ3n) is 3.61. The summed E-state index contributed by atoms with van der Waals surface area (Å²) in [4.78, 5) is 20.1. The molecule has 0 aromatic heterocycles. The van der Waals surface area contributed by atoms with Gasteiger partial charge in [-0.25, -0.2) is 0 Å². The van der Waals surface area contributed by atoms with Crippen LogP contribution in [0.5, 0.6) is 0 Å². The van der Waals surface area contributed by atoms with Gasteiger partial charge in [0.2, 0.25) is 0 Å². The molecule has 1 fully saturated rings. The van der Waals surface area contributed by atoms with Crippen molar-refractivity contribution in [1.82, 2.24) is 0 Å². The van der Waals surface area contributed by atoms with Crippen LogP contribution in [0, 0.1) is 20.2 Å². The van der Waals surface area contributed by atoms with Gasteiger partial charge in [0.05, 0.1) is 22.5 Å². The van der Waals surface area contributed by atoms with Gasteiger partial charge in [-0.1, -0.05) is 0 Å². The fourth-order valence-electron chi connectivity index (χ4n) is 2.34. The van der Waals surface area contributed by atoms with Crippen LogP contribution in [0.1, 0.15) is 0 Å². The summed E-state index contributed by atoms with van der Waals surface area (Å²) in [6, 6.07) is 1.41. The van der Waals surface area contributed by atoms with Gasteiger partial charge in [0, 0.05) is 6.07 Å². The number of aliphatic hydroxyl groups is 4. The van der Waals surface area contributed by atoms with Crippen molar-refractivity contribution < 1.29 is 35.0 Å². The quantitative estimate of drug-likeness (QED) is 0.317. The van der Waals surface area contributed by atoms with Gasteiger partial charge in [-0.3, -0.25) is 20.2 Å². The molecule has 0 spiro atoms. The molecule has 5 atom stereocenters. The summed E-state index contributed by atoms with van der Waals surface area (Å²) in [6.45, 7) is -0.653. The summed E-state index contributed by atoms with van der Waals surface area (Å²) in [6.07, 6.45) is -6.07. The highest BCUT2D eigenvalue weighted by atomic mass is 16.6. The first-order valence-corrected chi connectivity index (χ1v) is 6.76. The molecule has 5 N–H and O–H groups in total. The van der Waals surface area contributed by atoms with Gasteiger partial charge in [-0.05, 0) is 6.07 Å². The molecule has 0 aliphatic carbocycles. The Balaban J connectivity index is 2.30. The van der Waals surface area contributed by atoms with Gasteiger partial charge >= 0.3 is 0 Å². The molecule has 1 aliphatic rings. The Morgan fingerprint density at radius 2 is 1.79 bits per heavy atom. The maximum atomic E-state index is 11.1. The number of benzene rings is 1. The third-order valence-corrected chi connectivity index (χ3v) is 3.61. The second-order valence-corrected chi connectivity index (χ2v) is 5.11. The topological polar surface area (TPSA) is 188 Å². The van der Waals surface area contributed by atoms with Gasteiger partial charge in [0.1, 0.15) is 30.0 Å². The first kappa shape index (κ1) is 18.0. The Morgan fingerprint density at radius 3 is 2.33 bits per heavy atom. The standard InChI is InChI=1S/C12H15N3O9/c16-4-8-10(17)11(18)9(12(19)24-8)13-6-2-1-5(14(20)21)3-7(6)15(22)23/h1-3,8-13,16-19H,4H2/t8-,9-,10+,11-,12-/m0/s1. The largest absolute Gasteiger partial charge is 0.394 e. The molecule has 1 aromatic carbocycles. The van der Waals surface area contributed by atoms with E-state index in [-0.39, 0.29) is 5.69 Å². The molecule has 1 aromatic rings. The van der Waals surface area contributed by atoms with Crippen molar-refractivity contribution in [2.75, 3.05) is 11.9 Å². The van der Waals surface area contributed by atoms with Gasteiger partial charge < -0.3 is 30.5 Å². The monoisotopic (exact) mass is 345 g/mol. The highest BCUT2D eigenvalue weighted by molar-refractivity contribution is 5.65. The van der Waals surface area contributed by atoms with E-state index in [0.717, 1.165) is 18.2 Å². The summed E-state index contributed by atoms with van der Waals surface area (Å²) < 4.78 is 4.92. The smallest absolute Gasteiger partial charge is 0.299 e. The van der Waals surface area contributed by atoms with Crippen LogP contribution < -0.4 is 5.32 Å². The highest BCUT2D eigenvalue weighted by Gasteiger charge is 2.44. The average Bonchev–Trinajstić information content (AvgIpc) is 2.54. The number of nitrogens with one attached hydrogen (secondary N) is 1. The zero-order chi connectivity index (χ0) is 18.0. The van der Waals surface area contributed by atoms with E-state index in [1.54, 1.807) is 0 Å². The zero-order valence-electron chi connectivity index (χ0n) is 12.1. The van der Waals surface area contributed by atoms with Gasteiger partial charge in [-0.15, -0.1) is 0 Å². The van der Waals surface area contributed by atoms with Crippen LogP contribution in [0.15, 0.2) is 18.2 Å². The van der Waals surface area contributed by atoms with Crippen LogP contribution >= 0.6 is 0 Å². The van der Waals surface area contributed by atoms with Crippen molar-refractivity contribution in [3.8, 4) is 0 Å². The van der Waals surface area contributed by atoms with Crippen LogP contribution in [0.2, 0.25) is 0 Å². The Bertz CT molecular complexity index is 640. The van der Waals surface area contributed by atoms with Crippen LogP contribution in [-0.4, -0.2) is 67.5 Å². The summed E-state index contributed by atoms with van der Waals surface area (Å²) in [5.74, 6) is 0. The summed E-state index contributed by atoms with van der Waals surface area (Å²) in [5.41, 5.74) is -1.37. The lowest BCUT2D eigenvalue weighted by molar-refractivity contribution is -0.393. The molecule has 2 rings (SSSR count). The Kier molecular flexibility index (Phi) is 5.26. The van der Waals surface area contributed by atoms with E-state index in [1.165, 1.54) is 0 Å². The minimum atomic E-state index is -1.68. The number of non-ortho nitro benzene ring substituents is 1. The van der Waals surface area contributed by atoms with E-state index >= 15 is 0 Å². The van der Waals surface area contributed by atoms with E-state index < -0.39 is 58.5 Å². The number of nitro benzene ring substituents is 2. The van der Waals surface area contributed by atoms with Gasteiger partial charge in [-0.2, -0.15) is 0 Å². The van der Waals surface area contributed by atoms with E-state index in [9.17, 15) is 35.5 Å². The van der Waals surface area contributed by atoms with Crippen molar-refractivity contribution in [3.63, 3.8) is 0 Å². The van der Waals surface area contributed by atoms with Crippen LogP contribution in [0.4, 0.5) is 17.1 Å². The van der Waals surface area contributed by atoms with Crippen LogP contribution in [0.25, 0.3) is 0 Å². The molecule has 24 heavy (non-hydrogen) atoms. The normalized spacial score (nSPS) is 29.9. The second-order valence-electron chi connectivity index (χ2n) is 5.11. The van der Waals surface area contributed by atoms with E-state index in [1.807, 2.05) is 0 Å². The van der Waals surface area contributed by atoms with Gasteiger partial charge in [0.25, 0.3) is 11.4 Å². The zero-order valence-corrected chi connectivity index (χ0v) is 12.1. The number of hydrogen-bond acceptors (Lipinski definition) is 10. The van der Waals surface area contributed by atoms with E-state index in [4.69, 9.17) is 9.84 Å². The average molecular weight is 345 g/mol. The third kappa shape index (κ3) is 3.42.